The lowest BCUT2D eigenvalue weighted by Crippen LogP contribution is -2.43. The first kappa shape index (κ1) is 25.6. The van der Waals surface area contributed by atoms with Gasteiger partial charge in [-0.2, -0.15) is 5.21 Å². The summed E-state index contributed by atoms with van der Waals surface area (Å²) in [5.74, 6) is -0.200. The van der Waals surface area contributed by atoms with Gasteiger partial charge < -0.3 is 10.0 Å². The molecule has 4 aromatic rings. The van der Waals surface area contributed by atoms with Crippen LogP contribution in [0.25, 0.3) is 33.3 Å². The number of hydrogen-bond acceptors (Lipinski definition) is 5. The van der Waals surface area contributed by atoms with Gasteiger partial charge in [-0.1, -0.05) is 74.7 Å². The SMILES string of the molecule is CCCCC(=O)N(Cc1ccc2cc(-c3ccccc3-c3nn[nH]n3)ccc2c1)CC1(C(=O)O)CCCC1. The summed E-state index contributed by atoms with van der Waals surface area (Å²) in [6.07, 6.45) is 5.24. The molecule has 0 radical (unpaired) electrons. The number of rotatable bonds is 10. The molecule has 1 fully saturated rings. The third-order valence-corrected chi connectivity index (χ3v) is 7.71. The van der Waals surface area contributed by atoms with Gasteiger partial charge in [-0.05, 0) is 64.1 Å². The Balaban J connectivity index is 1.42. The van der Waals surface area contributed by atoms with Crippen LogP contribution in [0.1, 0.15) is 57.4 Å². The van der Waals surface area contributed by atoms with Crippen LogP contribution in [0.15, 0.2) is 60.7 Å². The van der Waals surface area contributed by atoms with Crippen molar-refractivity contribution in [2.75, 3.05) is 6.54 Å². The lowest BCUT2D eigenvalue weighted by Gasteiger charge is -2.32. The predicted molar refractivity (Wildman–Crippen MR) is 146 cm³/mol. The number of carbonyl (C=O) groups excluding carboxylic acids is 1. The number of carboxylic acids is 1. The molecule has 8 nitrogen and oxygen atoms in total. The van der Waals surface area contributed by atoms with Crippen molar-refractivity contribution in [1.82, 2.24) is 25.5 Å². The van der Waals surface area contributed by atoms with Crippen LogP contribution in [-0.4, -0.2) is 49.1 Å². The van der Waals surface area contributed by atoms with Crippen molar-refractivity contribution in [3.05, 3.63) is 66.2 Å². The van der Waals surface area contributed by atoms with Crippen LogP contribution in [0.2, 0.25) is 0 Å². The van der Waals surface area contributed by atoms with Crippen LogP contribution >= 0.6 is 0 Å². The van der Waals surface area contributed by atoms with Crippen LogP contribution in [0.3, 0.4) is 0 Å². The minimum atomic E-state index is -0.834. The van der Waals surface area contributed by atoms with Gasteiger partial charge in [0, 0.05) is 25.1 Å². The maximum Gasteiger partial charge on any atom is 0.311 e. The van der Waals surface area contributed by atoms with Gasteiger partial charge in [-0.25, -0.2) is 0 Å². The second kappa shape index (κ2) is 11.1. The maximum atomic E-state index is 13.2. The highest BCUT2D eigenvalue weighted by atomic mass is 16.4. The van der Waals surface area contributed by atoms with Gasteiger partial charge in [-0.15, -0.1) is 10.2 Å². The summed E-state index contributed by atoms with van der Waals surface area (Å²) in [5.41, 5.74) is 3.13. The van der Waals surface area contributed by atoms with Gasteiger partial charge in [0.2, 0.25) is 11.7 Å². The summed E-state index contributed by atoms with van der Waals surface area (Å²) in [5, 5.41) is 26.7. The van der Waals surface area contributed by atoms with E-state index in [1.807, 2.05) is 30.3 Å². The quantitative estimate of drug-likeness (QED) is 0.276. The molecular formula is C30H33N5O3. The molecule has 8 heteroatoms. The van der Waals surface area contributed by atoms with E-state index >= 15 is 0 Å². The van der Waals surface area contributed by atoms with Gasteiger partial charge in [0.05, 0.1) is 5.41 Å². The Hall–Kier alpha value is -4.07. The summed E-state index contributed by atoms with van der Waals surface area (Å²) in [6.45, 7) is 2.75. The van der Waals surface area contributed by atoms with Crippen molar-refractivity contribution in [2.24, 2.45) is 5.41 Å². The van der Waals surface area contributed by atoms with Gasteiger partial charge >= 0.3 is 5.97 Å². The van der Waals surface area contributed by atoms with Crippen LogP contribution < -0.4 is 0 Å². The molecular weight excluding hydrogens is 478 g/mol. The highest BCUT2D eigenvalue weighted by molar-refractivity contribution is 5.91. The third kappa shape index (κ3) is 5.30. The number of carbonyl (C=O) groups is 2. The van der Waals surface area contributed by atoms with E-state index < -0.39 is 11.4 Å². The number of carboxylic acid groups (broad SMARTS) is 1. The zero-order valence-electron chi connectivity index (χ0n) is 21.7. The van der Waals surface area contributed by atoms with Gasteiger partial charge in [0.25, 0.3) is 0 Å². The standard InChI is InChI=1S/C30H33N5O3/c1-2-3-10-27(36)35(20-30(29(37)38)15-6-7-16-30)19-21-11-12-23-18-24(14-13-22(23)17-21)25-8-4-5-9-26(25)28-31-33-34-32-28/h4-5,8-9,11-14,17-18H,2-3,6-7,10,15-16,19-20H2,1H3,(H,37,38)(H,31,32,33,34). The van der Waals surface area contributed by atoms with E-state index in [2.05, 4.69) is 57.9 Å². The molecule has 1 aliphatic carbocycles. The smallest absolute Gasteiger partial charge is 0.311 e. The summed E-state index contributed by atoms with van der Waals surface area (Å²) in [6, 6.07) is 20.5. The average Bonchev–Trinajstić information content (AvgIpc) is 3.64. The Bertz CT molecular complexity index is 1430. The molecule has 5 rings (SSSR count). The van der Waals surface area contributed by atoms with Crippen molar-refractivity contribution < 1.29 is 14.7 Å². The van der Waals surface area contributed by atoms with Crippen molar-refractivity contribution in [2.45, 2.75) is 58.4 Å². The number of tetrazole rings is 1. The largest absolute Gasteiger partial charge is 0.481 e. The second-order valence-electron chi connectivity index (χ2n) is 10.3. The number of nitrogens with zero attached hydrogens (tertiary/aromatic N) is 4. The van der Waals surface area contributed by atoms with E-state index in [0.717, 1.165) is 58.7 Å². The van der Waals surface area contributed by atoms with Crippen LogP contribution in [0.4, 0.5) is 0 Å². The van der Waals surface area contributed by atoms with E-state index in [1.165, 1.54) is 0 Å². The molecule has 0 atom stereocenters. The lowest BCUT2D eigenvalue weighted by atomic mass is 9.85. The fraction of sp³-hybridized carbons (Fsp3) is 0.367. The number of hydrogen-bond donors (Lipinski definition) is 2. The van der Waals surface area contributed by atoms with Crippen LogP contribution in [0.5, 0.6) is 0 Å². The van der Waals surface area contributed by atoms with E-state index in [4.69, 9.17) is 0 Å². The maximum absolute atomic E-state index is 13.2. The normalized spacial score (nSPS) is 14.6. The Morgan fingerprint density at radius 1 is 1.00 bits per heavy atom. The number of aliphatic carboxylic acids is 1. The summed E-state index contributed by atoms with van der Waals surface area (Å²) >= 11 is 0. The molecule has 1 saturated carbocycles. The number of amides is 1. The Labute approximate surface area is 222 Å². The fourth-order valence-electron chi connectivity index (χ4n) is 5.56. The minimum Gasteiger partial charge on any atom is -0.481 e. The van der Waals surface area contributed by atoms with Crippen molar-refractivity contribution >= 4 is 22.6 Å². The van der Waals surface area contributed by atoms with Crippen molar-refractivity contribution in [3.8, 4) is 22.5 Å². The number of nitrogens with one attached hydrogen (secondary N) is 1. The van der Waals surface area contributed by atoms with Crippen LogP contribution in [0, 0.1) is 5.41 Å². The Morgan fingerprint density at radius 3 is 2.45 bits per heavy atom. The monoisotopic (exact) mass is 511 g/mol. The van der Waals surface area contributed by atoms with E-state index in [0.29, 0.717) is 31.6 Å². The molecule has 0 bridgehead atoms. The first-order valence-electron chi connectivity index (χ1n) is 13.4. The molecule has 3 aromatic carbocycles. The fourth-order valence-corrected chi connectivity index (χ4v) is 5.56. The first-order chi connectivity index (χ1) is 18.5. The molecule has 1 aromatic heterocycles. The Morgan fingerprint density at radius 2 is 1.74 bits per heavy atom. The number of unbranched alkanes of at least 4 members (excludes halogenated alkanes) is 1. The number of H-pyrrole nitrogens is 1. The summed E-state index contributed by atoms with van der Waals surface area (Å²) in [7, 11) is 0. The first-order valence-corrected chi connectivity index (χ1v) is 13.4. The molecule has 196 valence electrons. The molecule has 0 aliphatic heterocycles. The highest BCUT2D eigenvalue weighted by Crippen LogP contribution is 2.40. The highest BCUT2D eigenvalue weighted by Gasteiger charge is 2.43. The number of aromatic nitrogens is 4. The molecule has 1 aliphatic rings. The summed E-state index contributed by atoms with van der Waals surface area (Å²) < 4.78 is 0. The third-order valence-electron chi connectivity index (χ3n) is 7.71. The molecule has 38 heavy (non-hydrogen) atoms. The predicted octanol–water partition coefficient (Wildman–Crippen LogP) is 5.85. The topological polar surface area (TPSA) is 112 Å². The zero-order chi connectivity index (χ0) is 26.5. The average molecular weight is 512 g/mol. The molecule has 0 saturated heterocycles. The lowest BCUT2D eigenvalue weighted by molar-refractivity contribution is -0.151. The number of aromatic amines is 1. The van der Waals surface area contributed by atoms with E-state index in [1.54, 1.807) is 4.90 Å². The van der Waals surface area contributed by atoms with Crippen LogP contribution in [-0.2, 0) is 16.1 Å². The molecule has 0 spiro atoms. The van der Waals surface area contributed by atoms with E-state index in [9.17, 15) is 14.7 Å². The second-order valence-corrected chi connectivity index (χ2v) is 10.3. The molecule has 1 amide bonds. The molecule has 2 N–H and O–H groups in total. The summed E-state index contributed by atoms with van der Waals surface area (Å²) in [4.78, 5) is 27.2. The number of fused-ring (bicyclic) bond motifs is 1. The van der Waals surface area contributed by atoms with Crippen molar-refractivity contribution in [1.29, 1.82) is 0 Å². The van der Waals surface area contributed by atoms with E-state index in [-0.39, 0.29) is 12.5 Å². The van der Waals surface area contributed by atoms with Gasteiger partial charge in [0.1, 0.15) is 0 Å². The molecule has 0 unspecified atom stereocenters. The zero-order valence-corrected chi connectivity index (χ0v) is 21.7. The minimum absolute atomic E-state index is 0.0351. The molecule has 1 heterocycles. The number of benzene rings is 3. The Kier molecular flexibility index (Phi) is 7.49. The van der Waals surface area contributed by atoms with Gasteiger partial charge in [0.15, 0.2) is 0 Å². The van der Waals surface area contributed by atoms with Crippen molar-refractivity contribution in [3.63, 3.8) is 0 Å². The van der Waals surface area contributed by atoms with Gasteiger partial charge in [-0.3, -0.25) is 9.59 Å².